The third-order valence-electron chi connectivity index (χ3n) is 12.3. The maximum atomic E-state index is 6.98. The summed E-state index contributed by atoms with van der Waals surface area (Å²) < 4.78 is 6.98. The molecule has 0 fully saturated rings. The summed E-state index contributed by atoms with van der Waals surface area (Å²) in [7, 11) is 0. The van der Waals surface area contributed by atoms with E-state index in [2.05, 4.69) is 187 Å². The van der Waals surface area contributed by atoms with Crippen molar-refractivity contribution in [1.82, 2.24) is 0 Å². The highest BCUT2D eigenvalue weighted by Crippen LogP contribution is 2.55. The number of nitrogens with zero attached hydrogens (tertiary/aromatic N) is 1. The molecule has 53 heavy (non-hydrogen) atoms. The summed E-state index contributed by atoms with van der Waals surface area (Å²) in [6.07, 6.45) is 0. The van der Waals surface area contributed by atoms with Crippen LogP contribution in [0.4, 0.5) is 17.1 Å². The van der Waals surface area contributed by atoms with E-state index in [1.807, 2.05) is 0 Å². The molecule has 258 valence electrons. The fourth-order valence-electron chi connectivity index (χ4n) is 9.70. The van der Waals surface area contributed by atoms with Crippen molar-refractivity contribution in [2.24, 2.45) is 0 Å². The summed E-state index contributed by atoms with van der Waals surface area (Å²) in [6, 6.07) is 49.7. The number of anilines is 3. The monoisotopic (exact) mass is 685 g/mol. The molecule has 2 aliphatic carbocycles. The zero-order valence-corrected chi connectivity index (χ0v) is 31.6. The molecule has 1 heterocycles. The first-order valence-electron chi connectivity index (χ1n) is 18.8. The zero-order valence-electron chi connectivity index (χ0n) is 31.6. The third-order valence-corrected chi connectivity index (χ3v) is 12.3. The van der Waals surface area contributed by atoms with Crippen LogP contribution in [0.25, 0.3) is 44.5 Å². The van der Waals surface area contributed by atoms with Gasteiger partial charge in [0.2, 0.25) is 0 Å². The van der Waals surface area contributed by atoms with Crippen molar-refractivity contribution in [1.29, 1.82) is 0 Å². The second-order valence-electron chi connectivity index (χ2n) is 16.4. The van der Waals surface area contributed by atoms with Gasteiger partial charge >= 0.3 is 0 Å². The van der Waals surface area contributed by atoms with Gasteiger partial charge in [0.05, 0.1) is 17.1 Å². The summed E-state index contributed by atoms with van der Waals surface area (Å²) in [5.41, 5.74) is 22.5. The first kappa shape index (κ1) is 31.8. The Kier molecular flexibility index (Phi) is 6.65. The second kappa shape index (κ2) is 11.1. The summed E-state index contributed by atoms with van der Waals surface area (Å²) in [6.45, 7) is 16.0. The number of rotatable bonds is 3. The molecule has 2 heteroatoms. The molecule has 0 spiro atoms. The molecule has 1 aliphatic heterocycles. The number of aryl methyl sites for hydroxylation is 3. The molecule has 10 rings (SSSR count). The lowest BCUT2D eigenvalue weighted by atomic mass is 9.81. The molecule has 2 nitrogen and oxygen atoms in total. The van der Waals surface area contributed by atoms with Crippen LogP contribution >= 0.6 is 0 Å². The maximum absolute atomic E-state index is 6.98. The molecule has 0 unspecified atom stereocenters. The quantitative estimate of drug-likeness (QED) is 0.184. The smallest absolute Gasteiger partial charge is 0.152 e. The molecule has 3 aliphatic rings. The largest absolute Gasteiger partial charge is 0.453 e. The Labute approximate surface area is 313 Å². The Hall–Kier alpha value is -5.86. The minimum atomic E-state index is -0.0607. The Bertz CT molecular complexity index is 2510. The third kappa shape index (κ3) is 4.58. The van der Waals surface area contributed by atoms with E-state index in [9.17, 15) is 0 Å². The number of benzene rings is 7. The molecule has 7 aromatic rings. The summed E-state index contributed by atoms with van der Waals surface area (Å²) >= 11 is 0. The van der Waals surface area contributed by atoms with Crippen LogP contribution in [0.15, 0.2) is 133 Å². The van der Waals surface area contributed by atoms with Gasteiger partial charge in [-0.3, -0.25) is 0 Å². The standard InChI is InChI=1S/C51H43NO/c1-30-24-31(2)49(32(3)25-30)52-45-22-18-35(33-16-20-39-37-12-8-10-14-41(37)50(4,5)43(39)26-33)28-47(45)53-48-29-36(19-23-46(48)52)34-17-21-40-38-13-9-11-15-42(38)51(6,7)44(40)27-34/h8-29H,1-7H3. The minimum Gasteiger partial charge on any atom is -0.453 e. The Morgan fingerprint density at radius 1 is 0.415 bits per heavy atom. The minimum absolute atomic E-state index is 0.0607. The van der Waals surface area contributed by atoms with Crippen LogP contribution in [-0.2, 0) is 10.8 Å². The highest BCUT2D eigenvalue weighted by molar-refractivity contribution is 5.92. The Morgan fingerprint density at radius 3 is 1.28 bits per heavy atom. The van der Waals surface area contributed by atoms with Gasteiger partial charge in [0, 0.05) is 10.8 Å². The number of hydrogen-bond donors (Lipinski definition) is 0. The van der Waals surface area contributed by atoms with Gasteiger partial charge in [-0.05, 0) is 135 Å². The van der Waals surface area contributed by atoms with Crippen LogP contribution in [0.1, 0.15) is 66.6 Å². The van der Waals surface area contributed by atoms with Crippen molar-refractivity contribution >= 4 is 17.1 Å². The van der Waals surface area contributed by atoms with E-state index in [4.69, 9.17) is 4.74 Å². The molecule has 0 radical (unpaired) electrons. The molecule has 0 aromatic heterocycles. The van der Waals surface area contributed by atoms with E-state index < -0.39 is 0 Å². The first-order chi connectivity index (χ1) is 25.5. The molecule has 0 N–H and O–H groups in total. The van der Waals surface area contributed by atoms with E-state index in [0.29, 0.717) is 0 Å². The first-order valence-corrected chi connectivity index (χ1v) is 18.8. The predicted molar refractivity (Wildman–Crippen MR) is 221 cm³/mol. The molecule has 0 saturated heterocycles. The van der Waals surface area contributed by atoms with Gasteiger partial charge in [0.1, 0.15) is 0 Å². The lowest BCUT2D eigenvalue weighted by Crippen LogP contribution is -2.18. The van der Waals surface area contributed by atoms with Gasteiger partial charge in [-0.2, -0.15) is 0 Å². The van der Waals surface area contributed by atoms with E-state index >= 15 is 0 Å². The van der Waals surface area contributed by atoms with Crippen LogP contribution in [0.3, 0.4) is 0 Å². The number of fused-ring (bicyclic) bond motifs is 8. The van der Waals surface area contributed by atoms with Gasteiger partial charge in [-0.1, -0.05) is 130 Å². The van der Waals surface area contributed by atoms with Gasteiger partial charge in [-0.15, -0.1) is 0 Å². The molecule has 0 atom stereocenters. The topological polar surface area (TPSA) is 12.5 Å². The average molecular weight is 686 g/mol. The lowest BCUT2D eigenvalue weighted by Gasteiger charge is -2.35. The van der Waals surface area contributed by atoms with Crippen molar-refractivity contribution in [3.63, 3.8) is 0 Å². The number of hydrogen-bond acceptors (Lipinski definition) is 2. The van der Waals surface area contributed by atoms with E-state index in [1.165, 1.54) is 78.0 Å². The van der Waals surface area contributed by atoms with Gasteiger partial charge in [0.15, 0.2) is 11.5 Å². The summed E-state index contributed by atoms with van der Waals surface area (Å²) in [5.74, 6) is 1.72. The fraction of sp³-hybridized carbons (Fsp3) is 0.176. The SMILES string of the molecule is Cc1cc(C)c(N2c3ccc(-c4ccc5c(c4)C(C)(C)c4ccccc4-5)cc3Oc3cc(-c4ccc5c(c4)C(C)(C)c4ccccc4-5)ccc32)c(C)c1. The molecule has 7 aromatic carbocycles. The normalized spacial score (nSPS) is 15.1. The van der Waals surface area contributed by atoms with Crippen LogP contribution in [-0.4, -0.2) is 0 Å². The summed E-state index contributed by atoms with van der Waals surface area (Å²) in [4.78, 5) is 2.41. The molecular formula is C51H43NO. The Balaban J connectivity index is 1.10. The van der Waals surface area contributed by atoms with Crippen molar-refractivity contribution < 1.29 is 4.74 Å². The molecule has 0 saturated carbocycles. The van der Waals surface area contributed by atoms with Crippen molar-refractivity contribution in [2.45, 2.75) is 59.3 Å². The average Bonchev–Trinajstić information content (AvgIpc) is 3.52. The zero-order chi connectivity index (χ0) is 36.4. The van der Waals surface area contributed by atoms with E-state index in [-0.39, 0.29) is 10.8 Å². The van der Waals surface area contributed by atoms with Gasteiger partial charge in [0.25, 0.3) is 0 Å². The van der Waals surface area contributed by atoms with Gasteiger partial charge in [-0.25, -0.2) is 0 Å². The van der Waals surface area contributed by atoms with Crippen LogP contribution in [0, 0.1) is 20.8 Å². The van der Waals surface area contributed by atoms with Crippen molar-refractivity contribution in [3.8, 4) is 56.0 Å². The fourth-order valence-corrected chi connectivity index (χ4v) is 9.70. The predicted octanol–water partition coefficient (Wildman–Crippen LogP) is 14.1. The molecular weight excluding hydrogens is 643 g/mol. The van der Waals surface area contributed by atoms with E-state index in [0.717, 1.165) is 34.0 Å². The highest BCUT2D eigenvalue weighted by Gasteiger charge is 2.37. The summed E-state index contributed by atoms with van der Waals surface area (Å²) in [5, 5.41) is 0. The van der Waals surface area contributed by atoms with Crippen LogP contribution in [0.2, 0.25) is 0 Å². The van der Waals surface area contributed by atoms with Crippen molar-refractivity contribution in [2.75, 3.05) is 4.90 Å². The van der Waals surface area contributed by atoms with Crippen LogP contribution in [0.5, 0.6) is 11.5 Å². The van der Waals surface area contributed by atoms with Gasteiger partial charge < -0.3 is 9.64 Å². The van der Waals surface area contributed by atoms with E-state index in [1.54, 1.807) is 0 Å². The molecule has 0 amide bonds. The lowest BCUT2D eigenvalue weighted by molar-refractivity contribution is 0.477. The number of ether oxygens (including phenoxy) is 1. The second-order valence-corrected chi connectivity index (χ2v) is 16.4. The Morgan fingerprint density at radius 2 is 0.811 bits per heavy atom. The maximum Gasteiger partial charge on any atom is 0.152 e. The van der Waals surface area contributed by atoms with Crippen LogP contribution < -0.4 is 9.64 Å². The van der Waals surface area contributed by atoms with Crippen molar-refractivity contribution in [3.05, 3.63) is 172 Å². The highest BCUT2D eigenvalue weighted by atomic mass is 16.5. The molecule has 0 bridgehead atoms.